The van der Waals surface area contributed by atoms with Crippen molar-refractivity contribution in [1.29, 1.82) is 0 Å². The van der Waals surface area contributed by atoms with E-state index < -0.39 is 26.4 Å². The van der Waals surface area contributed by atoms with E-state index in [9.17, 15) is 8.42 Å². The van der Waals surface area contributed by atoms with E-state index in [1.165, 1.54) is 0 Å². The van der Waals surface area contributed by atoms with Gasteiger partial charge in [0.1, 0.15) is 0 Å². The Bertz CT molecular complexity index is 847. The van der Waals surface area contributed by atoms with Crippen LogP contribution in [0.5, 0.6) is 0 Å². The van der Waals surface area contributed by atoms with Crippen LogP contribution in [0.25, 0.3) is 0 Å². The van der Waals surface area contributed by atoms with Gasteiger partial charge in [-0.15, -0.1) is 0 Å². The summed E-state index contributed by atoms with van der Waals surface area (Å²) in [6, 6.07) is 15.0. The van der Waals surface area contributed by atoms with Crippen LogP contribution in [0, 0.1) is 13.8 Å². The molecular formula is C24H33NO3S2. The Morgan fingerprint density at radius 2 is 1.13 bits per heavy atom. The second kappa shape index (κ2) is 9.03. The maximum atomic E-state index is 13.6. The molecule has 1 saturated heterocycles. The van der Waals surface area contributed by atoms with E-state index in [2.05, 4.69) is 27.7 Å². The lowest BCUT2D eigenvalue weighted by Crippen LogP contribution is -2.59. The summed E-state index contributed by atoms with van der Waals surface area (Å²) < 4.78 is 26.2. The highest BCUT2D eigenvalue weighted by Crippen LogP contribution is 2.40. The zero-order chi connectivity index (χ0) is 22.1. The summed E-state index contributed by atoms with van der Waals surface area (Å²) in [5.74, 6) is 0. The maximum absolute atomic E-state index is 13.6. The van der Waals surface area contributed by atoms with Gasteiger partial charge in [0, 0.05) is 20.9 Å². The number of piperidine rings is 1. The first-order chi connectivity index (χ1) is 14.0. The van der Waals surface area contributed by atoms with E-state index in [1.54, 1.807) is 0 Å². The highest BCUT2D eigenvalue weighted by molar-refractivity contribution is 8.02. The van der Waals surface area contributed by atoms with Gasteiger partial charge in [-0.05, 0) is 85.1 Å². The third-order valence-corrected chi connectivity index (χ3v) is 9.12. The monoisotopic (exact) mass is 447 g/mol. The van der Waals surface area contributed by atoms with Crippen LogP contribution in [-0.4, -0.2) is 29.3 Å². The number of hydrogen-bond acceptors (Lipinski definition) is 4. The zero-order valence-corrected chi connectivity index (χ0v) is 20.4. The van der Waals surface area contributed by atoms with Gasteiger partial charge in [0.15, 0.2) is 0 Å². The van der Waals surface area contributed by atoms with Gasteiger partial charge in [-0.2, -0.15) is 5.06 Å². The Hall–Kier alpha value is -1.34. The quantitative estimate of drug-likeness (QED) is 0.588. The molecule has 4 nitrogen and oxygen atoms in total. The van der Waals surface area contributed by atoms with Crippen LogP contribution in [0.4, 0.5) is 0 Å². The first-order valence-electron chi connectivity index (χ1n) is 10.4. The molecule has 0 saturated carbocycles. The van der Waals surface area contributed by atoms with Crippen LogP contribution in [0.15, 0.2) is 58.3 Å². The minimum Gasteiger partial charge on any atom is -0.267 e. The molecule has 0 spiro atoms. The van der Waals surface area contributed by atoms with Crippen LogP contribution >= 0.6 is 0 Å². The number of aryl methyl sites for hydroxylation is 2. The van der Waals surface area contributed by atoms with Crippen LogP contribution in [-0.2, 0) is 26.4 Å². The van der Waals surface area contributed by atoms with E-state index in [0.717, 1.165) is 30.4 Å². The molecule has 30 heavy (non-hydrogen) atoms. The zero-order valence-electron chi connectivity index (χ0n) is 18.8. The van der Waals surface area contributed by atoms with Crippen molar-refractivity contribution in [2.75, 3.05) is 0 Å². The third kappa shape index (κ3) is 5.10. The normalized spacial score (nSPS) is 21.7. The van der Waals surface area contributed by atoms with Gasteiger partial charge in [0.25, 0.3) is 0 Å². The van der Waals surface area contributed by atoms with Crippen molar-refractivity contribution in [3.05, 3.63) is 59.7 Å². The lowest BCUT2D eigenvalue weighted by atomic mass is 9.82. The number of rotatable bonds is 6. The number of hydroxylamine groups is 2. The molecule has 1 aliphatic rings. The van der Waals surface area contributed by atoms with E-state index in [0.29, 0.717) is 9.79 Å². The lowest BCUT2D eigenvalue weighted by Gasteiger charge is -2.51. The highest BCUT2D eigenvalue weighted by Gasteiger charge is 2.45. The number of nitrogens with zero attached hydrogens (tertiary/aromatic N) is 1. The molecule has 1 heterocycles. The molecule has 2 aromatic rings. The fourth-order valence-electron chi connectivity index (χ4n) is 4.07. The molecule has 2 atom stereocenters. The van der Waals surface area contributed by atoms with Gasteiger partial charge in [-0.3, -0.25) is 13.3 Å². The molecule has 2 unspecified atom stereocenters. The highest BCUT2D eigenvalue weighted by atomic mass is 32.2. The fraction of sp³-hybridized carbons (Fsp3) is 0.500. The van der Waals surface area contributed by atoms with Crippen molar-refractivity contribution in [2.45, 2.75) is 86.4 Å². The Morgan fingerprint density at radius 1 is 0.767 bits per heavy atom. The van der Waals surface area contributed by atoms with E-state index in [-0.39, 0.29) is 11.1 Å². The summed E-state index contributed by atoms with van der Waals surface area (Å²) in [7, 11) is -3.20. The molecule has 1 fully saturated rings. The average molecular weight is 448 g/mol. The van der Waals surface area contributed by atoms with Gasteiger partial charge >= 0.3 is 0 Å². The predicted octanol–water partition coefficient (Wildman–Crippen LogP) is 5.48. The van der Waals surface area contributed by atoms with Gasteiger partial charge in [-0.1, -0.05) is 35.4 Å². The Labute approximate surface area is 185 Å². The first-order valence-corrected chi connectivity index (χ1v) is 12.9. The van der Waals surface area contributed by atoms with Crippen LogP contribution < -0.4 is 0 Å². The first kappa shape index (κ1) is 23.3. The van der Waals surface area contributed by atoms with Gasteiger partial charge in [0.05, 0.1) is 21.6 Å². The van der Waals surface area contributed by atoms with Crippen molar-refractivity contribution in [3.8, 4) is 0 Å². The van der Waals surface area contributed by atoms with Gasteiger partial charge in [-0.25, -0.2) is 0 Å². The second-order valence-electron chi connectivity index (χ2n) is 9.39. The summed E-state index contributed by atoms with van der Waals surface area (Å²) in [4.78, 5) is 7.70. The molecule has 6 heteroatoms. The van der Waals surface area contributed by atoms with Crippen LogP contribution in [0.3, 0.4) is 0 Å². The molecular weight excluding hydrogens is 414 g/mol. The van der Waals surface area contributed by atoms with Crippen molar-refractivity contribution in [3.63, 3.8) is 0 Å². The molecule has 2 aromatic carbocycles. The summed E-state index contributed by atoms with van der Waals surface area (Å²) >= 11 is 0. The molecule has 0 radical (unpaired) electrons. The summed E-state index contributed by atoms with van der Waals surface area (Å²) in [5, 5.41) is 1.95. The molecule has 0 aromatic heterocycles. The smallest absolute Gasteiger partial charge is 0.236 e. The summed E-state index contributed by atoms with van der Waals surface area (Å²) in [6.45, 7) is 12.5. The molecule has 0 amide bonds. The van der Waals surface area contributed by atoms with Crippen LogP contribution in [0.2, 0.25) is 0 Å². The lowest BCUT2D eigenvalue weighted by molar-refractivity contribution is -0.276. The van der Waals surface area contributed by atoms with Gasteiger partial charge in [0.2, 0.25) is 4.77 Å². The molecule has 3 rings (SSSR count). The number of benzene rings is 2. The maximum Gasteiger partial charge on any atom is 0.236 e. The molecule has 1 aliphatic heterocycles. The summed E-state index contributed by atoms with van der Waals surface area (Å²) in [5.41, 5.74) is 1.70. The minimum atomic E-state index is -1.60. The standard InChI is InChI=1S/C24H33NO3S2/c1-18-8-12-20(13-9-18)29(26)22(30(27)21-14-10-19(2)11-15-21)28-25-23(3,4)16-7-17-24(25,5)6/h8-15,22H,7,16-17H2,1-6H3. The van der Waals surface area contributed by atoms with Crippen molar-refractivity contribution < 1.29 is 13.3 Å². The van der Waals surface area contributed by atoms with Crippen LogP contribution in [0.1, 0.15) is 58.1 Å². The molecule has 0 aliphatic carbocycles. The largest absolute Gasteiger partial charge is 0.267 e. The Balaban J connectivity index is 2.00. The SMILES string of the molecule is Cc1ccc(S(=O)C(ON2C(C)(C)CCCC2(C)C)S(=O)c2ccc(C)cc2)cc1. The fourth-order valence-corrected chi connectivity index (χ4v) is 6.96. The minimum absolute atomic E-state index is 0.241. The Morgan fingerprint density at radius 3 is 1.50 bits per heavy atom. The van der Waals surface area contributed by atoms with E-state index in [1.807, 2.05) is 67.4 Å². The van der Waals surface area contributed by atoms with E-state index in [4.69, 9.17) is 4.84 Å². The molecule has 0 bridgehead atoms. The average Bonchev–Trinajstić information content (AvgIpc) is 2.67. The summed E-state index contributed by atoms with van der Waals surface area (Å²) in [6.07, 6.45) is 3.04. The van der Waals surface area contributed by atoms with Crippen molar-refractivity contribution in [1.82, 2.24) is 5.06 Å². The third-order valence-electron chi connectivity index (χ3n) is 5.72. The molecule has 0 N–H and O–H groups in total. The second-order valence-corrected chi connectivity index (χ2v) is 12.7. The predicted molar refractivity (Wildman–Crippen MR) is 124 cm³/mol. The van der Waals surface area contributed by atoms with Crippen molar-refractivity contribution in [2.24, 2.45) is 0 Å². The van der Waals surface area contributed by atoms with E-state index >= 15 is 0 Å². The topological polar surface area (TPSA) is 46.6 Å². The molecule has 164 valence electrons. The van der Waals surface area contributed by atoms with Crippen molar-refractivity contribution >= 4 is 21.6 Å². The Kier molecular flexibility index (Phi) is 7.02. The number of hydrogen-bond donors (Lipinski definition) is 0. The van der Waals surface area contributed by atoms with Gasteiger partial charge < -0.3 is 0 Å².